The minimum absolute atomic E-state index is 0.249. The first-order valence-corrected chi connectivity index (χ1v) is 5.98. The van der Waals surface area contributed by atoms with Gasteiger partial charge in [0.1, 0.15) is 11.8 Å². The van der Waals surface area contributed by atoms with Gasteiger partial charge in [0.2, 0.25) is 0 Å². The van der Waals surface area contributed by atoms with Crippen LogP contribution in [0.4, 0.5) is 0 Å². The molecule has 0 aliphatic carbocycles. The molecule has 0 bridgehead atoms. The highest BCUT2D eigenvalue weighted by atomic mass is 16.5. The fourth-order valence-electron chi connectivity index (χ4n) is 2.02. The molecule has 1 atom stereocenters. The topological polar surface area (TPSA) is 40.5 Å². The number of benzene rings is 1. The van der Waals surface area contributed by atoms with E-state index in [0.717, 1.165) is 16.7 Å². The number of rotatable bonds is 4. The van der Waals surface area contributed by atoms with Crippen molar-refractivity contribution in [2.75, 3.05) is 13.7 Å². The quantitative estimate of drug-likeness (QED) is 0.780. The average Bonchev–Trinajstić information content (AvgIpc) is 2.80. The summed E-state index contributed by atoms with van der Waals surface area (Å²) in [5, 5.41) is 1.05. The third kappa shape index (κ3) is 2.18. The van der Waals surface area contributed by atoms with Crippen molar-refractivity contribution in [1.82, 2.24) is 4.57 Å². The lowest BCUT2D eigenvalue weighted by atomic mass is 10.2. The van der Waals surface area contributed by atoms with Crippen LogP contribution in [0.2, 0.25) is 0 Å². The normalized spacial score (nSPS) is 12.4. The molecular weight excluding hydrogens is 230 g/mol. The molecule has 0 aliphatic heterocycles. The Labute approximate surface area is 106 Å². The van der Waals surface area contributed by atoms with Crippen LogP contribution >= 0.6 is 0 Å². The van der Waals surface area contributed by atoms with E-state index in [1.807, 2.05) is 48.9 Å². The number of esters is 1. The molecular formula is C14H17NO3. The molecule has 2 aromatic rings. The minimum Gasteiger partial charge on any atom is -0.494 e. The second-order valence-corrected chi connectivity index (χ2v) is 4.08. The van der Waals surface area contributed by atoms with Crippen molar-refractivity contribution in [2.45, 2.75) is 19.9 Å². The molecule has 2 rings (SSSR count). The number of carbonyl (C=O) groups excluding carboxylic acids is 1. The Balaban J connectivity index is 2.39. The summed E-state index contributed by atoms with van der Waals surface area (Å²) >= 11 is 0. The van der Waals surface area contributed by atoms with Crippen molar-refractivity contribution in [3.8, 4) is 5.75 Å². The Morgan fingerprint density at radius 3 is 2.83 bits per heavy atom. The Morgan fingerprint density at radius 2 is 2.17 bits per heavy atom. The number of fused-ring (bicyclic) bond motifs is 1. The van der Waals surface area contributed by atoms with Gasteiger partial charge in [0, 0.05) is 17.1 Å². The standard InChI is InChI=1S/C14H17NO3/c1-4-18-12-5-6-13-11(9-12)7-8-15(13)10(2)14(16)17-3/h5-10H,4H2,1-3H3. The van der Waals surface area contributed by atoms with E-state index in [1.165, 1.54) is 7.11 Å². The van der Waals surface area contributed by atoms with Gasteiger partial charge < -0.3 is 14.0 Å². The van der Waals surface area contributed by atoms with E-state index in [0.29, 0.717) is 6.61 Å². The van der Waals surface area contributed by atoms with E-state index in [9.17, 15) is 4.79 Å². The van der Waals surface area contributed by atoms with Crippen LogP contribution in [-0.4, -0.2) is 24.3 Å². The van der Waals surface area contributed by atoms with Gasteiger partial charge in [-0.2, -0.15) is 0 Å². The van der Waals surface area contributed by atoms with Gasteiger partial charge in [-0.3, -0.25) is 0 Å². The minimum atomic E-state index is -0.328. The van der Waals surface area contributed by atoms with Gasteiger partial charge in [-0.15, -0.1) is 0 Å². The first-order chi connectivity index (χ1) is 8.67. The lowest BCUT2D eigenvalue weighted by Gasteiger charge is -2.13. The van der Waals surface area contributed by atoms with E-state index in [2.05, 4.69) is 0 Å². The lowest BCUT2D eigenvalue weighted by molar-refractivity contribution is -0.143. The zero-order chi connectivity index (χ0) is 13.1. The van der Waals surface area contributed by atoms with Crippen LogP contribution < -0.4 is 4.74 Å². The maximum atomic E-state index is 11.6. The van der Waals surface area contributed by atoms with Gasteiger partial charge in [0.15, 0.2) is 0 Å². The molecule has 0 radical (unpaired) electrons. The predicted octanol–water partition coefficient (Wildman–Crippen LogP) is 2.77. The van der Waals surface area contributed by atoms with Crippen LogP contribution in [-0.2, 0) is 9.53 Å². The van der Waals surface area contributed by atoms with E-state index in [1.54, 1.807) is 0 Å². The largest absolute Gasteiger partial charge is 0.494 e. The van der Waals surface area contributed by atoms with Crippen molar-refractivity contribution in [3.05, 3.63) is 30.5 Å². The van der Waals surface area contributed by atoms with Crippen LogP contribution in [0.25, 0.3) is 10.9 Å². The molecule has 1 aromatic carbocycles. The van der Waals surface area contributed by atoms with Crippen molar-refractivity contribution < 1.29 is 14.3 Å². The number of hydrogen-bond donors (Lipinski definition) is 0. The molecule has 0 fully saturated rings. The summed E-state index contributed by atoms with van der Waals surface area (Å²) in [6.07, 6.45) is 1.89. The zero-order valence-corrected chi connectivity index (χ0v) is 10.8. The fourth-order valence-corrected chi connectivity index (χ4v) is 2.02. The maximum absolute atomic E-state index is 11.6. The van der Waals surface area contributed by atoms with Crippen molar-refractivity contribution >= 4 is 16.9 Å². The van der Waals surface area contributed by atoms with Gasteiger partial charge in [0.25, 0.3) is 0 Å². The fraction of sp³-hybridized carbons (Fsp3) is 0.357. The molecule has 4 nitrogen and oxygen atoms in total. The SMILES string of the molecule is CCOc1ccc2c(ccn2C(C)C(=O)OC)c1. The van der Waals surface area contributed by atoms with Gasteiger partial charge in [0.05, 0.1) is 13.7 Å². The molecule has 18 heavy (non-hydrogen) atoms. The van der Waals surface area contributed by atoms with Crippen LogP contribution in [0.1, 0.15) is 19.9 Å². The Kier molecular flexibility index (Phi) is 3.55. The highest BCUT2D eigenvalue weighted by Crippen LogP contribution is 2.25. The van der Waals surface area contributed by atoms with Crippen LogP contribution in [0.3, 0.4) is 0 Å². The third-order valence-electron chi connectivity index (χ3n) is 2.96. The molecule has 1 aromatic heterocycles. The van der Waals surface area contributed by atoms with Crippen molar-refractivity contribution in [3.63, 3.8) is 0 Å². The molecule has 0 spiro atoms. The molecule has 0 N–H and O–H groups in total. The number of hydrogen-bond acceptors (Lipinski definition) is 3. The van der Waals surface area contributed by atoms with E-state index in [-0.39, 0.29) is 12.0 Å². The average molecular weight is 247 g/mol. The van der Waals surface area contributed by atoms with Crippen LogP contribution in [0.15, 0.2) is 30.5 Å². The first-order valence-electron chi connectivity index (χ1n) is 5.98. The zero-order valence-electron chi connectivity index (χ0n) is 10.8. The molecule has 0 aliphatic rings. The van der Waals surface area contributed by atoms with E-state index in [4.69, 9.17) is 9.47 Å². The summed E-state index contributed by atoms with van der Waals surface area (Å²) in [4.78, 5) is 11.6. The number of aromatic nitrogens is 1. The Hall–Kier alpha value is -1.97. The molecule has 4 heteroatoms. The predicted molar refractivity (Wildman–Crippen MR) is 69.8 cm³/mol. The molecule has 96 valence electrons. The summed E-state index contributed by atoms with van der Waals surface area (Å²) in [6.45, 7) is 4.42. The lowest BCUT2D eigenvalue weighted by Crippen LogP contribution is -2.16. The second kappa shape index (κ2) is 5.12. The molecule has 0 amide bonds. The van der Waals surface area contributed by atoms with E-state index < -0.39 is 0 Å². The monoisotopic (exact) mass is 247 g/mol. The van der Waals surface area contributed by atoms with Crippen LogP contribution in [0.5, 0.6) is 5.75 Å². The molecule has 0 saturated carbocycles. The van der Waals surface area contributed by atoms with E-state index >= 15 is 0 Å². The Morgan fingerprint density at radius 1 is 1.39 bits per heavy atom. The summed E-state index contributed by atoms with van der Waals surface area (Å²) in [5.41, 5.74) is 0.997. The number of ether oxygens (including phenoxy) is 2. The molecule has 1 unspecified atom stereocenters. The highest BCUT2D eigenvalue weighted by molar-refractivity contribution is 5.84. The van der Waals surface area contributed by atoms with Crippen molar-refractivity contribution in [2.24, 2.45) is 0 Å². The first kappa shape index (κ1) is 12.5. The summed E-state index contributed by atoms with van der Waals surface area (Å²) in [6, 6.07) is 7.48. The summed E-state index contributed by atoms with van der Waals surface area (Å²) in [7, 11) is 1.40. The summed E-state index contributed by atoms with van der Waals surface area (Å²) < 4.78 is 12.1. The van der Waals surface area contributed by atoms with Crippen molar-refractivity contribution in [1.29, 1.82) is 0 Å². The van der Waals surface area contributed by atoms with Crippen LogP contribution in [0, 0.1) is 0 Å². The van der Waals surface area contributed by atoms with Gasteiger partial charge >= 0.3 is 5.97 Å². The Bertz CT molecular complexity index is 559. The smallest absolute Gasteiger partial charge is 0.328 e. The highest BCUT2D eigenvalue weighted by Gasteiger charge is 2.16. The van der Waals surface area contributed by atoms with Gasteiger partial charge in [-0.25, -0.2) is 4.79 Å². The maximum Gasteiger partial charge on any atom is 0.328 e. The number of methoxy groups -OCH3 is 1. The molecule has 1 heterocycles. The molecule has 0 saturated heterocycles. The second-order valence-electron chi connectivity index (χ2n) is 4.08. The number of nitrogens with zero attached hydrogens (tertiary/aromatic N) is 1. The van der Waals surface area contributed by atoms with Gasteiger partial charge in [-0.05, 0) is 38.1 Å². The summed E-state index contributed by atoms with van der Waals surface area (Å²) in [5.74, 6) is 0.592. The van der Waals surface area contributed by atoms with Gasteiger partial charge in [-0.1, -0.05) is 0 Å². The number of carbonyl (C=O) groups is 1. The third-order valence-corrected chi connectivity index (χ3v) is 2.96.